The summed E-state index contributed by atoms with van der Waals surface area (Å²) in [6.45, 7) is 0.184. The van der Waals surface area contributed by atoms with Gasteiger partial charge in [0, 0.05) is 49.8 Å². The highest BCUT2D eigenvalue weighted by Gasteiger charge is 2.32. The second-order valence-corrected chi connectivity index (χ2v) is 7.39. The summed E-state index contributed by atoms with van der Waals surface area (Å²) in [5.41, 5.74) is 1.68. The molecule has 1 aliphatic rings. The summed E-state index contributed by atoms with van der Waals surface area (Å²) in [5.74, 6) is -0.152. The number of hydrogen-bond donors (Lipinski definition) is 1. The van der Waals surface area contributed by atoms with Gasteiger partial charge >= 0.3 is 0 Å². The Morgan fingerprint density at radius 2 is 1.67 bits per heavy atom. The van der Waals surface area contributed by atoms with E-state index in [4.69, 9.17) is 0 Å². The van der Waals surface area contributed by atoms with Crippen LogP contribution in [0.25, 0.3) is 10.8 Å². The Morgan fingerprint density at radius 3 is 2.30 bits per heavy atom. The molecule has 0 fully saturated rings. The number of nitrogens with zero attached hydrogens (tertiary/aromatic N) is 3. The third-order valence-corrected chi connectivity index (χ3v) is 5.13. The van der Waals surface area contributed by atoms with E-state index in [1.165, 1.54) is 4.90 Å². The quantitative estimate of drug-likeness (QED) is 0.640. The highest BCUT2D eigenvalue weighted by Crippen LogP contribution is 2.30. The predicted molar refractivity (Wildman–Crippen MR) is 116 cm³/mol. The predicted octanol–water partition coefficient (Wildman–Crippen LogP) is 3.32. The molecule has 7 heteroatoms. The molecule has 0 saturated carbocycles. The van der Waals surface area contributed by atoms with Gasteiger partial charge in [-0.05, 0) is 36.1 Å². The van der Waals surface area contributed by atoms with Crippen molar-refractivity contribution in [2.45, 2.75) is 12.8 Å². The molecule has 2 aromatic carbocycles. The number of aromatic nitrogens is 1. The van der Waals surface area contributed by atoms with Crippen LogP contribution in [-0.2, 0) is 4.79 Å². The zero-order chi connectivity index (χ0) is 21.3. The smallest absolute Gasteiger partial charge is 0.261 e. The molecule has 7 nitrogen and oxygen atoms in total. The number of amides is 3. The maximum absolute atomic E-state index is 12.9. The highest BCUT2D eigenvalue weighted by molar-refractivity contribution is 6.25. The third kappa shape index (κ3) is 3.50. The summed E-state index contributed by atoms with van der Waals surface area (Å²) in [6.07, 6.45) is 2.22. The maximum atomic E-state index is 12.9. The normalized spacial score (nSPS) is 12.9. The molecule has 3 amide bonds. The molecule has 4 rings (SSSR count). The van der Waals surface area contributed by atoms with Crippen molar-refractivity contribution in [3.63, 3.8) is 0 Å². The van der Waals surface area contributed by atoms with Crippen LogP contribution in [0.4, 0.5) is 11.5 Å². The topological polar surface area (TPSA) is 82.6 Å². The van der Waals surface area contributed by atoms with Gasteiger partial charge in [-0.25, -0.2) is 4.98 Å². The van der Waals surface area contributed by atoms with Gasteiger partial charge in [0.1, 0.15) is 0 Å². The maximum Gasteiger partial charge on any atom is 0.261 e. The molecule has 1 N–H and O–H groups in total. The first-order valence-corrected chi connectivity index (χ1v) is 9.77. The molecule has 30 heavy (non-hydrogen) atoms. The summed E-state index contributed by atoms with van der Waals surface area (Å²) in [4.78, 5) is 45.5. The average Bonchev–Trinajstić information content (AvgIpc) is 2.74. The lowest BCUT2D eigenvalue weighted by Crippen LogP contribution is -2.41. The van der Waals surface area contributed by atoms with Crippen LogP contribution < -0.4 is 10.2 Å². The number of imide groups is 1. The van der Waals surface area contributed by atoms with Crippen molar-refractivity contribution in [1.82, 2.24) is 9.88 Å². The van der Waals surface area contributed by atoms with Gasteiger partial charge in [-0.3, -0.25) is 19.3 Å². The molecule has 3 aromatic rings. The molecule has 2 heterocycles. The van der Waals surface area contributed by atoms with E-state index in [1.807, 2.05) is 43.3 Å². The minimum absolute atomic E-state index is 0.184. The van der Waals surface area contributed by atoms with Gasteiger partial charge in [0.15, 0.2) is 5.82 Å². The van der Waals surface area contributed by atoms with Crippen molar-refractivity contribution < 1.29 is 14.4 Å². The summed E-state index contributed by atoms with van der Waals surface area (Å²) in [5, 5.41) is 4.43. The van der Waals surface area contributed by atoms with Gasteiger partial charge in [-0.1, -0.05) is 24.3 Å². The monoisotopic (exact) mass is 402 g/mol. The second-order valence-electron chi connectivity index (χ2n) is 7.39. The SMILES string of the molecule is CN(C)c1ncccc1NC(=O)CCCN1C(=O)c2cccc3cccc(c23)C1=O. The Labute approximate surface area is 174 Å². The van der Waals surface area contributed by atoms with Crippen LogP contribution in [0.5, 0.6) is 0 Å². The zero-order valence-corrected chi connectivity index (χ0v) is 16.9. The zero-order valence-electron chi connectivity index (χ0n) is 16.9. The van der Waals surface area contributed by atoms with Crippen LogP contribution in [0.1, 0.15) is 33.6 Å². The van der Waals surface area contributed by atoms with Crippen molar-refractivity contribution in [3.8, 4) is 0 Å². The number of carbonyl (C=O) groups is 3. The lowest BCUT2D eigenvalue weighted by molar-refractivity contribution is -0.116. The van der Waals surface area contributed by atoms with E-state index in [2.05, 4.69) is 10.3 Å². The van der Waals surface area contributed by atoms with Crippen molar-refractivity contribution in [2.24, 2.45) is 0 Å². The van der Waals surface area contributed by atoms with Crippen molar-refractivity contribution in [3.05, 3.63) is 65.9 Å². The number of anilines is 2. The first kappa shape index (κ1) is 19.6. The van der Waals surface area contributed by atoms with Gasteiger partial charge in [-0.2, -0.15) is 0 Å². The molecule has 0 aliphatic carbocycles. The minimum Gasteiger partial charge on any atom is -0.361 e. The van der Waals surface area contributed by atoms with Crippen LogP contribution in [0.3, 0.4) is 0 Å². The highest BCUT2D eigenvalue weighted by atomic mass is 16.2. The van der Waals surface area contributed by atoms with E-state index >= 15 is 0 Å². The van der Waals surface area contributed by atoms with E-state index in [1.54, 1.807) is 30.5 Å². The molecule has 0 atom stereocenters. The van der Waals surface area contributed by atoms with Crippen LogP contribution in [0.15, 0.2) is 54.7 Å². The largest absolute Gasteiger partial charge is 0.361 e. The van der Waals surface area contributed by atoms with Gasteiger partial charge in [0.05, 0.1) is 5.69 Å². The second kappa shape index (κ2) is 7.94. The number of carbonyl (C=O) groups excluding carboxylic acids is 3. The van der Waals surface area contributed by atoms with Crippen molar-refractivity contribution in [2.75, 3.05) is 30.9 Å². The number of benzene rings is 2. The molecular weight excluding hydrogens is 380 g/mol. The molecule has 0 radical (unpaired) electrons. The summed E-state index contributed by atoms with van der Waals surface area (Å²) < 4.78 is 0. The number of hydrogen-bond acceptors (Lipinski definition) is 5. The molecule has 0 spiro atoms. The Hall–Kier alpha value is -3.74. The number of rotatable bonds is 6. The Bertz CT molecular complexity index is 1110. The Kier molecular flexibility index (Phi) is 5.18. The summed E-state index contributed by atoms with van der Waals surface area (Å²) in [7, 11) is 3.70. The lowest BCUT2D eigenvalue weighted by Gasteiger charge is -2.27. The minimum atomic E-state index is -0.313. The summed E-state index contributed by atoms with van der Waals surface area (Å²) in [6, 6.07) is 14.4. The van der Waals surface area contributed by atoms with E-state index in [9.17, 15) is 14.4 Å². The first-order valence-electron chi connectivity index (χ1n) is 9.77. The fourth-order valence-electron chi connectivity index (χ4n) is 3.74. The van der Waals surface area contributed by atoms with Gasteiger partial charge in [0.2, 0.25) is 5.91 Å². The summed E-state index contributed by atoms with van der Waals surface area (Å²) >= 11 is 0. The standard InChI is InChI=1S/C23H22N4O3/c1-26(2)21-18(11-5-13-24-21)25-19(28)12-6-14-27-22(29)16-9-3-7-15-8-4-10-17(20(15)16)23(27)30/h3-5,7-11,13H,6,12,14H2,1-2H3,(H,25,28). The fourth-order valence-corrected chi connectivity index (χ4v) is 3.74. The van der Waals surface area contributed by atoms with E-state index in [0.717, 1.165) is 5.39 Å². The average molecular weight is 402 g/mol. The molecule has 1 aliphatic heterocycles. The Balaban J connectivity index is 1.43. The van der Waals surface area contributed by atoms with Gasteiger partial charge < -0.3 is 10.2 Å². The van der Waals surface area contributed by atoms with Crippen LogP contribution in [0.2, 0.25) is 0 Å². The van der Waals surface area contributed by atoms with Crippen molar-refractivity contribution >= 4 is 40.0 Å². The third-order valence-electron chi connectivity index (χ3n) is 5.13. The molecule has 0 unspecified atom stereocenters. The van der Waals surface area contributed by atoms with E-state index in [0.29, 0.717) is 34.4 Å². The van der Waals surface area contributed by atoms with Crippen molar-refractivity contribution in [1.29, 1.82) is 0 Å². The Morgan fingerprint density at radius 1 is 1.00 bits per heavy atom. The van der Waals surface area contributed by atoms with Crippen LogP contribution >= 0.6 is 0 Å². The van der Waals surface area contributed by atoms with Crippen LogP contribution in [-0.4, -0.2) is 48.2 Å². The first-order chi connectivity index (χ1) is 14.5. The van der Waals surface area contributed by atoms with E-state index in [-0.39, 0.29) is 30.7 Å². The van der Waals surface area contributed by atoms with Gasteiger partial charge in [0.25, 0.3) is 11.8 Å². The van der Waals surface area contributed by atoms with E-state index < -0.39 is 0 Å². The molecule has 1 aromatic heterocycles. The molecule has 0 bridgehead atoms. The molecule has 0 saturated heterocycles. The van der Waals surface area contributed by atoms with Crippen LogP contribution in [0, 0.1) is 0 Å². The number of nitrogens with one attached hydrogen (secondary N) is 1. The van der Waals surface area contributed by atoms with Gasteiger partial charge in [-0.15, -0.1) is 0 Å². The molecular formula is C23H22N4O3. The molecule has 152 valence electrons. The fraction of sp³-hybridized carbons (Fsp3) is 0.217. The lowest BCUT2D eigenvalue weighted by atomic mass is 9.94. The number of pyridine rings is 1.